The minimum atomic E-state index is -0.348. The molecule has 2 radical (unpaired) electrons. The number of hydrogen-bond donors (Lipinski definition) is 0. The van der Waals surface area contributed by atoms with Gasteiger partial charge in [0.1, 0.15) is 6.29 Å². The molecule has 0 heterocycles. The van der Waals surface area contributed by atoms with E-state index in [-0.39, 0.29) is 23.8 Å². The average Bonchev–Trinajstić information content (AvgIpc) is 2.09. The zero-order valence-electron chi connectivity index (χ0n) is 10.1. The summed E-state index contributed by atoms with van der Waals surface area (Å²) >= 11 is 0. The lowest BCUT2D eigenvalue weighted by atomic mass is 9.89. The Hall–Kier alpha value is -0.635. The maximum atomic E-state index is 11.3. The maximum Gasteiger partial charge on any atom is 0.170 e. The molecular formula is C11H20BNO2. The van der Waals surface area contributed by atoms with Crippen molar-refractivity contribution in [2.75, 3.05) is 0 Å². The highest BCUT2D eigenvalue weighted by molar-refractivity contribution is 6.59. The number of carbonyl (C=O) groups is 2. The van der Waals surface area contributed by atoms with Gasteiger partial charge in [-0.15, -0.1) is 0 Å². The van der Waals surface area contributed by atoms with Crippen LogP contribution in [0.25, 0.3) is 0 Å². The van der Waals surface area contributed by atoms with Gasteiger partial charge in [-0.3, -0.25) is 4.90 Å². The Kier molecular flexibility index (Phi) is 6.49. The van der Waals surface area contributed by atoms with Crippen LogP contribution in [0.2, 0.25) is 0 Å². The number of carbonyl (C=O) groups excluding carboxylic acids is 2. The molecule has 15 heavy (non-hydrogen) atoms. The Morgan fingerprint density at radius 1 is 1.27 bits per heavy atom. The number of rotatable bonds is 7. The van der Waals surface area contributed by atoms with Crippen LogP contribution in [0, 0.1) is 0 Å². The molecule has 0 aliphatic carbocycles. The molecule has 0 amide bonds. The molecule has 0 aromatic rings. The summed E-state index contributed by atoms with van der Waals surface area (Å²) in [5.74, 6) is 0. The minimum Gasteiger partial charge on any atom is -0.311 e. The van der Waals surface area contributed by atoms with E-state index in [2.05, 4.69) is 0 Å². The van der Waals surface area contributed by atoms with Gasteiger partial charge in [-0.2, -0.15) is 0 Å². The highest BCUT2D eigenvalue weighted by Crippen LogP contribution is 2.14. The number of hydrogen-bond acceptors (Lipinski definition) is 3. The third kappa shape index (κ3) is 4.60. The van der Waals surface area contributed by atoms with Crippen molar-refractivity contribution in [1.29, 1.82) is 0 Å². The van der Waals surface area contributed by atoms with E-state index in [1.54, 1.807) is 0 Å². The van der Waals surface area contributed by atoms with Crippen LogP contribution in [0.1, 0.15) is 40.5 Å². The molecule has 0 spiro atoms. The van der Waals surface area contributed by atoms with Crippen molar-refractivity contribution in [2.45, 2.75) is 58.7 Å². The quantitative estimate of drug-likeness (QED) is 0.466. The molecule has 84 valence electrons. The van der Waals surface area contributed by atoms with Crippen molar-refractivity contribution in [2.24, 2.45) is 0 Å². The molecule has 0 aliphatic rings. The molecule has 0 saturated heterocycles. The summed E-state index contributed by atoms with van der Waals surface area (Å²) in [4.78, 5) is 23.7. The van der Waals surface area contributed by atoms with Crippen molar-refractivity contribution in [3.05, 3.63) is 0 Å². The van der Waals surface area contributed by atoms with Crippen LogP contribution in [0.15, 0.2) is 0 Å². The van der Waals surface area contributed by atoms with Crippen molar-refractivity contribution in [1.82, 2.24) is 4.90 Å². The predicted molar refractivity (Wildman–Crippen MR) is 62.0 cm³/mol. The monoisotopic (exact) mass is 209 g/mol. The zero-order chi connectivity index (χ0) is 12.0. The summed E-state index contributed by atoms with van der Waals surface area (Å²) in [6.07, 6.45) is 1.72. The van der Waals surface area contributed by atoms with Gasteiger partial charge in [-0.25, -0.2) is 0 Å². The lowest BCUT2D eigenvalue weighted by molar-refractivity contribution is -0.118. The molecule has 0 aromatic carbocycles. The Balaban J connectivity index is 4.67. The number of aldehydes is 1. The Morgan fingerprint density at radius 2 is 1.73 bits per heavy atom. The van der Waals surface area contributed by atoms with Gasteiger partial charge in [0, 0.05) is 18.5 Å². The van der Waals surface area contributed by atoms with E-state index in [0.717, 1.165) is 6.29 Å². The smallest absolute Gasteiger partial charge is 0.170 e. The van der Waals surface area contributed by atoms with Crippen LogP contribution >= 0.6 is 0 Å². The third-order valence-electron chi connectivity index (χ3n) is 2.44. The molecule has 0 saturated carbocycles. The molecule has 0 bridgehead atoms. The second kappa shape index (κ2) is 6.78. The first-order valence-electron chi connectivity index (χ1n) is 5.42. The normalized spacial score (nSPS) is 13.5. The molecule has 0 rings (SSSR count). The van der Waals surface area contributed by atoms with Gasteiger partial charge in [0.2, 0.25) is 0 Å². The van der Waals surface area contributed by atoms with Crippen molar-refractivity contribution in [3.63, 3.8) is 0 Å². The third-order valence-corrected chi connectivity index (χ3v) is 2.44. The minimum absolute atomic E-state index is 0.245. The summed E-state index contributed by atoms with van der Waals surface area (Å²) < 4.78 is 0. The van der Waals surface area contributed by atoms with Crippen LogP contribution in [-0.4, -0.2) is 42.8 Å². The van der Waals surface area contributed by atoms with Gasteiger partial charge in [0.25, 0.3) is 0 Å². The lowest BCUT2D eigenvalue weighted by Crippen LogP contribution is -2.49. The van der Waals surface area contributed by atoms with Crippen LogP contribution in [-0.2, 0) is 9.59 Å². The summed E-state index contributed by atoms with van der Waals surface area (Å²) in [7, 11) is 5.36. The Morgan fingerprint density at radius 3 is 2.00 bits per heavy atom. The average molecular weight is 209 g/mol. The first-order chi connectivity index (χ1) is 6.91. The lowest BCUT2D eigenvalue weighted by Gasteiger charge is -2.37. The SMILES string of the molecule is [B]C(=O)C(CCC=O)N(C(C)C)C(C)C. The molecule has 3 nitrogen and oxygen atoms in total. The molecule has 0 aliphatic heterocycles. The number of nitrogens with zero attached hydrogens (tertiary/aromatic N) is 1. The molecule has 0 N–H and O–H groups in total. The second-order valence-corrected chi connectivity index (χ2v) is 4.30. The van der Waals surface area contributed by atoms with Gasteiger partial charge < -0.3 is 9.59 Å². The molecule has 1 atom stereocenters. The van der Waals surface area contributed by atoms with Crippen molar-refractivity contribution >= 4 is 19.8 Å². The van der Waals surface area contributed by atoms with Crippen LogP contribution in [0.4, 0.5) is 0 Å². The molecule has 1 unspecified atom stereocenters. The highest BCUT2D eigenvalue weighted by atomic mass is 16.1. The molecule has 4 heteroatoms. The summed E-state index contributed by atoms with van der Waals surface area (Å²) in [6, 6.07) is 0.151. The van der Waals surface area contributed by atoms with Crippen molar-refractivity contribution in [3.8, 4) is 0 Å². The van der Waals surface area contributed by atoms with E-state index in [0.29, 0.717) is 12.8 Å². The zero-order valence-corrected chi connectivity index (χ0v) is 10.1. The van der Waals surface area contributed by atoms with Gasteiger partial charge in [0.05, 0.1) is 11.7 Å². The summed E-state index contributed by atoms with van der Waals surface area (Å²) in [6.45, 7) is 8.10. The van der Waals surface area contributed by atoms with Crippen LogP contribution in [0.3, 0.4) is 0 Å². The fourth-order valence-corrected chi connectivity index (χ4v) is 1.98. The fraction of sp³-hybridized carbons (Fsp3) is 0.818. The predicted octanol–water partition coefficient (Wildman–Crippen LogP) is 1.15. The van der Waals surface area contributed by atoms with Gasteiger partial charge in [-0.05, 0) is 34.1 Å². The molecule has 0 aromatic heterocycles. The topological polar surface area (TPSA) is 37.4 Å². The fourth-order valence-electron chi connectivity index (χ4n) is 1.98. The second-order valence-electron chi connectivity index (χ2n) is 4.30. The van der Waals surface area contributed by atoms with E-state index in [1.807, 2.05) is 32.6 Å². The van der Waals surface area contributed by atoms with E-state index in [1.165, 1.54) is 0 Å². The first kappa shape index (κ1) is 14.4. The Bertz CT molecular complexity index is 209. The van der Waals surface area contributed by atoms with Gasteiger partial charge in [-0.1, -0.05) is 0 Å². The molecule has 0 fully saturated rings. The van der Waals surface area contributed by atoms with Crippen LogP contribution in [0.5, 0.6) is 0 Å². The first-order valence-corrected chi connectivity index (χ1v) is 5.42. The van der Waals surface area contributed by atoms with E-state index in [4.69, 9.17) is 7.85 Å². The van der Waals surface area contributed by atoms with E-state index >= 15 is 0 Å². The maximum absolute atomic E-state index is 11.3. The largest absolute Gasteiger partial charge is 0.311 e. The van der Waals surface area contributed by atoms with Crippen LogP contribution < -0.4 is 0 Å². The van der Waals surface area contributed by atoms with Gasteiger partial charge >= 0.3 is 0 Å². The standard InChI is InChI=1S/C11H20BNO2/c1-8(2)13(9(3)4)10(11(12)15)6-5-7-14/h7-10H,5-6H2,1-4H3. The van der Waals surface area contributed by atoms with Crippen molar-refractivity contribution < 1.29 is 9.59 Å². The Labute approximate surface area is 93.6 Å². The highest BCUT2D eigenvalue weighted by Gasteiger charge is 2.26. The van der Waals surface area contributed by atoms with Gasteiger partial charge in [0.15, 0.2) is 7.85 Å². The van der Waals surface area contributed by atoms with E-state index < -0.39 is 0 Å². The molecular weight excluding hydrogens is 189 g/mol. The summed E-state index contributed by atoms with van der Waals surface area (Å²) in [5, 5.41) is 0. The van der Waals surface area contributed by atoms with E-state index in [9.17, 15) is 9.59 Å². The summed E-state index contributed by atoms with van der Waals surface area (Å²) in [5.41, 5.74) is -0.348.